The van der Waals surface area contributed by atoms with E-state index in [-0.39, 0.29) is 46.6 Å². The smallest absolute Gasteiger partial charge is 0.220 e. The first-order valence-corrected chi connectivity index (χ1v) is 12.8. The number of aliphatic hydroxyl groups is 6. The third kappa shape index (κ3) is 7.41. The van der Waals surface area contributed by atoms with Crippen LogP contribution in [0.2, 0.25) is 0 Å². The maximum Gasteiger partial charge on any atom is 0.220 e. The van der Waals surface area contributed by atoms with Gasteiger partial charge in [-0.15, -0.1) is 0 Å². The van der Waals surface area contributed by atoms with Crippen LogP contribution in [0.25, 0.3) is 0 Å². The number of aromatic nitrogens is 2. The first-order valence-electron chi connectivity index (χ1n) is 12.0. The van der Waals surface area contributed by atoms with Crippen LogP contribution < -0.4 is 16.5 Å². The normalized spacial score (nSPS) is 23.6. The maximum atomic E-state index is 13.6. The molecule has 4 atom stereocenters. The molecule has 4 rings (SSSR count). The summed E-state index contributed by atoms with van der Waals surface area (Å²) < 4.78 is 32.2. The number of thioether (sulfide) groups is 1. The molecule has 1 aromatic carbocycles. The first kappa shape index (κ1) is 31.1. The van der Waals surface area contributed by atoms with Gasteiger partial charge in [0, 0.05) is 19.6 Å². The summed E-state index contributed by atoms with van der Waals surface area (Å²) in [6.07, 6.45) is 0.507. The lowest BCUT2D eigenvalue weighted by Crippen LogP contribution is -2.24. The lowest BCUT2D eigenvalue weighted by Gasteiger charge is -2.21. The standard InChI is InChI=1S/C22H29F2N5O7S.CH4O/c1-2-21(31,32)37-20-27-18(26-11-4-5-12(8-11)35-9-30)16(25)19(28-20)29-36-17-15(22(17,33)34)10-3-6-13(23)14(24)7-10;1-2/h3,6-7,11-12,15,17,30-34H,2,4-5,8-9,25H2,1H3,(H2,26,27,28,29);2H,1H3. The minimum atomic E-state index is -2.38. The van der Waals surface area contributed by atoms with Crippen molar-refractivity contribution in [3.05, 3.63) is 35.4 Å². The Bertz CT molecular complexity index is 1130. The molecule has 0 radical (unpaired) electrons. The minimum Gasteiger partial charge on any atom is -0.400 e. The Balaban J connectivity index is 0.00000205. The van der Waals surface area contributed by atoms with Gasteiger partial charge in [-0.3, -0.25) is 4.84 Å². The summed E-state index contributed by atoms with van der Waals surface area (Å²) in [5.74, 6) is -5.62. The largest absolute Gasteiger partial charge is 0.400 e. The molecule has 10 N–H and O–H groups in total. The third-order valence-corrected chi connectivity index (χ3v) is 7.31. The SMILES string of the molecule is CCC(O)(O)Sc1nc(NOC2C(c3ccc(F)c(F)c3)C2(O)O)c(N)c(NC2CCC(OCO)C2)n1.CO. The van der Waals surface area contributed by atoms with E-state index in [0.717, 1.165) is 19.2 Å². The summed E-state index contributed by atoms with van der Waals surface area (Å²) in [7, 11) is 1.00. The molecule has 13 nitrogen and oxygen atoms in total. The fourth-order valence-corrected chi connectivity index (χ4v) is 4.86. The van der Waals surface area contributed by atoms with E-state index in [1.807, 2.05) is 0 Å². The number of nitrogen functional groups attached to an aromatic ring is 1. The molecule has 2 aliphatic rings. The Kier molecular flexibility index (Phi) is 10.2. The van der Waals surface area contributed by atoms with E-state index < -0.39 is 41.4 Å². The Morgan fingerprint density at radius 2 is 1.85 bits per heavy atom. The van der Waals surface area contributed by atoms with Crippen LogP contribution in [0.3, 0.4) is 0 Å². The molecule has 1 aromatic heterocycles. The topological polar surface area (TPSA) is 216 Å². The molecule has 39 heavy (non-hydrogen) atoms. The molecule has 0 saturated heterocycles. The monoisotopic (exact) mass is 577 g/mol. The van der Waals surface area contributed by atoms with E-state index in [1.54, 1.807) is 6.92 Å². The average molecular weight is 578 g/mol. The molecule has 218 valence electrons. The van der Waals surface area contributed by atoms with E-state index in [9.17, 15) is 29.2 Å². The summed E-state index contributed by atoms with van der Waals surface area (Å²) in [6.45, 7) is 1.16. The summed E-state index contributed by atoms with van der Waals surface area (Å²) in [6, 6.07) is 2.83. The molecule has 2 fully saturated rings. The number of rotatable bonds is 11. The molecule has 2 aromatic rings. The van der Waals surface area contributed by atoms with Crippen LogP contribution in [-0.2, 0) is 9.57 Å². The highest BCUT2D eigenvalue weighted by Gasteiger charge is 2.67. The molecule has 0 aliphatic heterocycles. The van der Waals surface area contributed by atoms with Gasteiger partial charge in [-0.25, -0.2) is 24.2 Å². The molecule has 16 heteroatoms. The number of aliphatic hydroxyl groups excluding tert-OH is 2. The highest BCUT2D eigenvalue weighted by Crippen LogP contribution is 2.52. The number of anilines is 3. The van der Waals surface area contributed by atoms with Gasteiger partial charge >= 0.3 is 0 Å². The second kappa shape index (κ2) is 12.8. The van der Waals surface area contributed by atoms with Crippen LogP contribution >= 0.6 is 11.8 Å². The van der Waals surface area contributed by atoms with E-state index in [2.05, 4.69) is 20.8 Å². The Labute approximate surface area is 227 Å². The molecular formula is C23H33F2N5O8S. The van der Waals surface area contributed by atoms with Gasteiger partial charge in [0.05, 0.1) is 12.0 Å². The van der Waals surface area contributed by atoms with Crippen LogP contribution in [0.15, 0.2) is 23.4 Å². The molecule has 0 bridgehead atoms. The molecule has 2 saturated carbocycles. The molecule has 4 unspecified atom stereocenters. The average Bonchev–Trinajstić information content (AvgIpc) is 3.18. The van der Waals surface area contributed by atoms with E-state index in [4.69, 9.17) is 25.5 Å². The number of nitrogens with zero attached hydrogens (tertiary/aromatic N) is 2. The van der Waals surface area contributed by atoms with Crippen LogP contribution in [0, 0.1) is 11.6 Å². The number of nitrogens with two attached hydrogens (primary N) is 1. The molecule has 1 heterocycles. The molecular weight excluding hydrogens is 544 g/mol. The number of ether oxygens (including phenoxy) is 1. The van der Waals surface area contributed by atoms with E-state index >= 15 is 0 Å². The van der Waals surface area contributed by atoms with Gasteiger partial charge in [-0.05, 0) is 48.7 Å². The highest BCUT2D eigenvalue weighted by atomic mass is 32.2. The van der Waals surface area contributed by atoms with Crippen molar-refractivity contribution < 1.29 is 49.0 Å². The fourth-order valence-electron chi connectivity index (χ4n) is 4.15. The number of hydrogen-bond donors (Lipinski definition) is 9. The van der Waals surface area contributed by atoms with Gasteiger partial charge in [-0.2, -0.15) is 0 Å². The summed E-state index contributed by atoms with van der Waals surface area (Å²) in [5.41, 5.74) is 8.79. The van der Waals surface area contributed by atoms with E-state index in [1.165, 1.54) is 6.07 Å². The zero-order chi connectivity index (χ0) is 29.0. The Hall–Kier alpha value is -2.41. The van der Waals surface area contributed by atoms with Crippen molar-refractivity contribution >= 4 is 29.1 Å². The second-order valence-electron chi connectivity index (χ2n) is 8.96. The van der Waals surface area contributed by atoms with E-state index in [0.29, 0.717) is 31.0 Å². The van der Waals surface area contributed by atoms with Crippen molar-refractivity contribution in [1.82, 2.24) is 9.97 Å². The van der Waals surface area contributed by atoms with Crippen molar-refractivity contribution in [2.24, 2.45) is 0 Å². The summed E-state index contributed by atoms with van der Waals surface area (Å²) in [4.78, 5) is 13.9. The first-order chi connectivity index (χ1) is 18.4. The van der Waals surface area contributed by atoms with Gasteiger partial charge in [0.1, 0.15) is 12.5 Å². The van der Waals surface area contributed by atoms with Crippen LogP contribution in [-0.4, -0.2) is 83.7 Å². The quantitative estimate of drug-likeness (QED) is 0.0773. The number of halogens is 2. The predicted octanol–water partition coefficient (Wildman–Crippen LogP) is 0.576. The molecule has 0 amide bonds. The van der Waals surface area contributed by atoms with Crippen LogP contribution in [0.5, 0.6) is 0 Å². The van der Waals surface area contributed by atoms with Crippen LogP contribution in [0.1, 0.15) is 44.1 Å². The van der Waals surface area contributed by atoms with Crippen molar-refractivity contribution in [3.8, 4) is 0 Å². The molecule has 2 aliphatic carbocycles. The number of benzene rings is 1. The van der Waals surface area contributed by atoms with Crippen LogP contribution in [0.4, 0.5) is 26.1 Å². The highest BCUT2D eigenvalue weighted by molar-refractivity contribution is 8.00. The zero-order valence-electron chi connectivity index (χ0n) is 21.2. The van der Waals surface area contributed by atoms with Gasteiger partial charge in [0.15, 0.2) is 34.5 Å². The lowest BCUT2D eigenvalue weighted by molar-refractivity contribution is -0.107. The lowest BCUT2D eigenvalue weighted by atomic mass is 10.1. The van der Waals surface area contributed by atoms with Gasteiger partial charge in [-0.1, -0.05) is 13.0 Å². The van der Waals surface area contributed by atoms with Gasteiger partial charge in [0.25, 0.3) is 0 Å². The maximum absolute atomic E-state index is 13.6. The predicted molar refractivity (Wildman–Crippen MR) is 136 cm³/mol. The Morgan fingerprint density at radius 3 is 2.49 bits per heavy atom. The van der Waals surface area contributed by atoms with Gasteiger partial charge < -0.3 is 46.4 Å². The number of hydrogen-bond acceptors (Lipinski definition) is 14. The number of nitrogens with one attached hydrogen (secondary N) is 2. The van der Waals surface area contributed by atoms with Gasteiger partial charge in [0.2, 0.25) is 10.9 Å². The molecule has 0 spiro atoms. The minimum absolute atomic E-state index is 0.000334. The third-order valence-electron chi connectivity index (χ3n) is 6.33. The fraction of sp³-hybridized carbons (Fsp3) is 0.565. The summed E-state index contributed by atoms with van der Waals surface area (Å²) >= 11 is 0.564. The zero-order valence-corrected chi connectivity index (χ0v) is 22.0. The van der Waals surface area contributed by atoms with Crippen molar-refractivity contribution in [3.63, 3.8) is 0 Å². The Morgan fingerprint density at radius 1 is 1.15 bits per heavy atom. The van der Waals surface area contributed by atoms with Crippen molar-refractivity contribution in [2.45, 2.75) is 72.8 Å². The summed E-state index contributed by atoms with van der Waals surface area (Å²) in [5, 5.41) is 57.6. The van der Waals surface area contributed by atoms with Crippen molar-refractivity contribution in [1.29, 1.82) is 0 Å². The second-order valence-corrected chi connectivity index (χ2v) is 10.2. The van der Waals surface area contributed by atoms with Crippen molar-refractivity contribution in [2.75, 3.05) is 30.4 Å².